The van der Waals surface area contributed by atoms with Crippen molar-refractivity contribution in [2.24, 2.45) is 0 Å². The molecule has 0 spiro atoms. The summed E-state index contributed by atoms with van der Waals surface area (Å²) in [5.74, 6) is 1.76. The Morgan fingerprint density at radius 2 is 1.57 bits per heavy atom. The predicted octanol–water partition coefficient (Wildman–Crippen LogP) is 3.35. The fourth-order valence-corrected chi connectivity index (χ4v) is 2.10. The van der Waals surface area contributed by atoms with Crippen molar-refractivity contribution in [3.05, 3.63) is 35.9 Å². The molecule has 0 atom stereocenters. The summed E-state index contributed by atoms with van der Waals surface area (Å²) in [6, 6.07) is 9.45. The van der Waals surface area contributed by atoms with E-state index in [1.165, 1.54) is 0 Å². The smallest absolute Gasteiger partial charge is 0.203 e. The van der Waals surface area contributed by atoms with Crippen LogP contribution in [0.25, 0.3) is 0 Å². The lowest BCUT2D eigenvalue weighted by molar-refractivity contribution is 0.324. The van der Waals surface area contributed by atoms with Gasteiger partial charge in [0.05, 0.1) is 21.3 Å². The molecule has 0 radical (unpaired) electrons. The van der Waals surface area contributed by atoms with Crippen LogP contribution in [0.15, 0.2) is 30.3 Å². The molecular weight excluding hydrogens is 268 g/mol. The summed E-state index contributed by atoms with van der Waals surface area (Å²) in [6.45, 7) is 1.97. The molecule has 0 aliphatic carbocycles. The molecule has 112 valence electrons. The van der Waals surface area contributed by atoms with Crippen molar-refractivity contribution >= 4 is 17.1 Å². The van der Waals surface area contributed by atoms with Gasteiger partial charge in [-0.25, -0.2) is 0 Å². The molecule has 0 heterocycles. The van der Waals surface area contributed by atoms with Crippen LogP contribution < -0.4 is 25.3 Å². The summed E-state index contributed by atoms with van der Waals surface area (Å²) in [5.41, 5.74) is 9.42. The van der Waals surface area contributed by atoms with Gasteiger partial charge in [0.15, 0.2) is 11.5 Å². The lowest BCUT2D eigenvalue weighted by atomic mass is 10.1. The number of ether oxygens (including phenoxy) is 3. The average Bonchev–Trinajstić information content (AvgIpc) is 2.50. The molecule has 3 N–H and O–H groups in total. The number of nitrogen functional groups attached to an aromatic ring is 1. The second-order valence-corrected chi connectivity index (χ2v) is 4.56. The fourth-order valence-electron chi connectivity index (χ4n) is 2.10. The van der Waals surface area contributed by atoms with E-state index < -0.39 is 0 Å². The maximum absolute atomic E-state index is 5.92. The predicted molar refractivity (Wildman–Crippen MR) is 85.0 cm³/mol. The van der Waals surface area contributed by atoms with Crippen molar-refractivity contribution in [1.82, 2.24) is 0 Å². The number of hydrogen-bond acceptors (Lipinski definition) is 5. The Balaban J connectivity index is 2.43. The minimum absolute atomic E-state index is 0.565. The molecular formula is C16H20N2O3. The van der Waals surface area contributed by atoms with Crippen LogP contribution >= 0.6 is 0 Å². The summed E-state index contributed by atoms with van der Waals surface area (Å²) in [7, 11) is 4.76. The second-order valence-electron chi connectivity index (χ2n) is 4.56. The standard InChI is InChI=1S/C16H20N2O3/c1-10-12(17)6-5-7-13(10)18-11-8-14(19-2)16(21-4)15(9-11)20-3/h5-9,18H,17H2,1-4H3. The SMILES string of the molecule is COc1cc(Nc2cccc(N)c2C)cc(OC)c1OC. The summed E-state index contributed by atoms with van der Waals surface area (Å²) in [5, 5.41) is 3.32. The zero-order valence-corrected chi connectivity index (χ0v) is 12.7. The van der Waals surface area contributed by atoms with Crippen LogP contribution in [0.5, 0.6) is 17.2 Å². The van der Waals surface area contributed by atoms with Crippen LogP contribution in [0.3, 0.4) is 0 Å². The van der Waals surface area contributed by atoms with Crippen LogP contribution in [0, 0.1) is 6.92 Å². The van der Waals surface area contributed by atoms with Gasteiger partial charge in [-0.15, -0.1) is 0 Å². The number of nitrogens with two attached hydrogens (primary N) is 1. The molecule has 0 bridgehead atoms. The minimum Gasteiger partial charge on any atom is -0.493 e. The molecule has 0 aromatic heterocycles. The van der Waals surface area contributed by atoms with E-state index in [0.29, 0.717) is 17.2 Å². The molecule has 0 amide bonds. The molecule has 0 aliphatic heterocycles. The molecule has 5 nitrogen and oxygen atoms in total. The number of hydrogen-bond donors (Lipinski definition) is 2. The van der Waals surface area contributed by atoms with Crippen LogP contribution in [-0.2, 0) is 0 Å². The van der Waals surface area contributed by atoms with Crippen molar-refractivity contribution in [3.8, 4) is 17.2 Å². The van der Waals surface area contributed by atoms with Gasteiger partial charge in [0.1, 0.15) is 0 Å². The number of benzene rings is 2. The van der Waals surface area contributed by atoms with E-state index in [-0.39, 0.29) is 0 Å². The van der Waals surface area contributed by atoms with Crippen molar-refractivity contribution in [3.63, 3.8) is 0 Å². The Morgan fingerprint density at radius 3 is 2.10 bits per heavy atom. The van der Waals surface area contributed by atoms with Gasteiger partial charge in [-0.1, -0.05) is 6.07 Å². The lowest BCUT2D eigenvalue weighted by Gasteiger charge is -2.16. The first-order chi connectivity index (χ1) is 10.1. The van der Waals surface area contributed by atoms with Crippen molar-refractivity contribution < 1.29 is 14.2 Å². The van der Waals surface area contributed by atoms with E-state index in [2.05, 4.69) is 5.32 Å². The normalized spacial score (nSPS) is 10.1. The van der Waals surface area contributed by atoms with Crippen LogP contribution in [0.4, 0.5) is 17.1 Å². The van der Waals surface area contributed by atoms with E-state index in [4.69, 9.17) is 19.9 Å². The van der Waals surface area contributed by atoms with E-state index in [1.807, 2.05) is 37.3 Å². The Bertz CT molecular complexity index is 616. The molecule has 2 aromatic carbocycles. The zero-order chi connectivity index (χ0) is 15.4. The topological polar surface area (TPSA) is 65.7 Å². The third-order valence-electron chi connectivity index (χ3n) is 3.32. The molecule has 0 fully saturated rings. The molecule has 2 rings (SSSR count). The Kier molecular flexibility index (Phi) is 4.42. The van der Waals surface area contributed by atoms with Crippen LogP contribution in [0.1, 0.15) is 5.56 Å². The van der Waals surface area contributed by atoms with Crippen molar-refractivity contribution in [1.29, 1.82) is 0 Å². The minimum atomic E-state index is 0.565. The monoisotopic (exact) mass is 288 g/mol. The molecule has 2 aromatic rings. The van der Waals surface area contributed by atoms with Crippen molar-refractivity contribution in [2.45, 2.75) is 6.92 Å². The molecule has 21 heavy (non-hydrogen) atoms. The molecule has 5 heteroatoms. The van der Waals surface area contributed by atoms with E-state index in [1.54, 1.807) is 21.3 Å². The van der Waals surface area contributed by atoms with E-state index in [0.717, 1.165) is 22.6 Å². The third kappa shape index (κ3) is 2.97. The van der Waals surface area contributed by atoms with Gasteiger partial charge < -0.3 is 25.3 Å². The number of nitrogens with one attached hydrogen (secondary N) is 1. The first kappa shape index (κ1) is 14.8. The zero-order valence-electron chi connectivity index (χ0n) is 12.7. The molecule has 0 saturated carbocycles. The van der Waals surface area contributed by atoms with Gasteiger partial charge in [0.25, 0.3) is 0 Å². The van der Waals surface area contributed by atoms with Gasteiger partial charge in [-0.05, 0) is 24.6 Å². The number of anilines is 3. The second kappa shape index (κ2) is 6.26. The maximum atomic E-state index is 5.92. The molecule has 0 saturated heterocycles. The molecule has 0 aliphatic rings. The highest BCUT2D eigenvalue weighted by Crippen LogP contribution is 2.41. The Labute approximate surface area is 124 Å². The van der Waals surface area contributed by atoms with Gasteiger partial charge in [0, 0.05) is 29.2 Å². The third-order valence-corrected chi connectivity index (χ3v) is 3.32. The molecule has 0 unspecified atom stereocenters. The summed E-state index contributed by atoms with van der Waals surface area (Å²) >= 11 is 0. The Hall–Kier alpha value is -2.56. The highest BCUT2D eigenvalue weighted by molar-refractivity contribution is 5.72. The lowest BCUT2D eigenvalue weighted by Crippen LogP contribution is -2.00. The highest BCUT2D eigenvalue weighted by Gasteiger charge is 2.13. The summed E-state index contributed by atoms with van der Waals surface area (Å²) in [4.78, 5) is 0. The van der Waals surface area contributed by atoms with Crippen molar-refractivity contribution in [2.75, 3.05) is 32.4 Å². The summed E-state index contributed by atoms with van der Waals surface area (Å²) < 4.78 is 16.0. The van der Waals surface area contributed by atoms with E-state index >= 15 is 0 Å². The van der Waals surface area contributed by atoms with Gasteiger partial charge in [-0.2, -0.15) is 0 Å². The quantitative estimate of drug-likeness (QED) is 0.826. The first-order valence-corrected chi connectivity index (χ1v) is 6.52. The van der Waals surface area contributed by atoms with Crippen LogP contribution in [0.2, 0.25) is 0 Å². The fraction of sp³-hybridized carbons (Fsp3) is 0.250. The maximum Gasteiger partial charge on any atom is 0.203 e. The van der Waals surface area contributed by atoms with Gasteiger partial charge >= 0.3 is 0 Å². The van der Waals surface area contributed by atoms with Crippen LogP contribution in [-0.4, -0.2) is 21.3 Å². The largest absolute Gasteiger partial charge is 0.493 e. The first-order valence-electron chi connectivity index (χ1n) is 6.52. The highest BCUT2D eigenvalue weighted by atomic mass is 16.5. The summed E-state index contributed by atoms with van der Waals surface area (Å²) in [6.07, 6.45) is 0. The van der Waals surface area contributed by atoms with Gasteiger partial charge in [0.2, 0.25) is 5.75 Å². The Morgan fingerprint density at radius 1 is 0.952 bits per heavy atom. The number of methoxy groups -OCH3 is 3. The number of rotatable bonds is 5. The van der Waals surface area contributed by atoms with E-state index in [9.17, 15) is 0 Å². The average molecular weight is 288 g/mol. The van der Waals surface area contributed by atoms with Gasteiger partial charge in [-0.3, -0.25) is 0 Å².